The quantitative estimate of drug-likeness (QED) is 0.893. The highest BCUT2D eigenvalue weighted by Crippen LogP contribution is 2.25. The normalized spacial score (nSPS) is 23.1. The van der Waals surface area contributed by atoms with Crippen LogP contribution in [0.1, 0.15) is 37.3 Å². The number of ether oxygens (including phenoxy) is 1. The van der Waals surface area contributed by atoms with E-state index in [9.17, 15) is 0 Å². The van der Waals surface area contributed by atoms with Crippen LogP contribution in [0.2, 0.25) is 0 Å². The Hall–Kier alpha value is -1.06. The van der Waals surface area contributed by atoms with Crippen LogP contribution in [0.15, 0.2) is 18.2 Å². The number of rotatable bonds is 5. The lowest BCUT2D eigenvalue weighted by Gasteiger charge is -2.37. The number of hydrogen-bond acceptors (Lipinski definition) is 3. The Kier molecular flexibility index (Phi) is 4.27. The van der Waals surface area contributed by atoms with Crippen LogP contribution in [0.5, 0.6) is 0 Å². The lowest BCUT2D eigenvalue weighted by atomic mass is 10.1. The highest BCUT2D eigenvalue weighted by atomic mass is 16.5. The lowest BCUT2D eigenvalue weighted by Crippen LogP contribution is -2.45. The van der Waals surface area contributed by atoms with E-state index >= 15 is 0 Å². The fraction of sp³-hybridized carbons (Fsp3) is 0.647. The molecule has 1 aliphatic carbocycles. The topological polar surface area (TPSA) is 24.5 Å². The molecular formula is C17H26N2O. The number of nitrogens with zero attached hydrogens (tertiary/aromatic N) is 1. The fourth-order valence-electron chi connectivity index (χ4n) is 2.93. The number of benzene rings is 1. The molecular weight excluding hydrogens is 248 g/mol. The number of hydrogen-bond donors (Lipinski definition) is 1. The van der Waals surface area contributed by atoms with Crippen LogP contribution in [0.3, 0.4) is 0 Å². The molecule has 0 aromatic heterocycles. The van der Waals surface area contributed by atoms with Crippen molar-refractivity contribution >= 4 is 5.69 Å². The van der Waals surface area contributed by atoms with Gasteiger partial charge >= 0.3 is 0 Å². The molecule has 3 rings (SSSR count). The van der Waals surface area contributed by atoms with Gasteiger partial charge in [-0.1, -0.05) is 13.0 Å². The first-order valence-electron chi connectivity index (χ1n) is 7.95. The van der Waals surface area contributed by atoms with Crippen molar-refractivity contribution in [2.75, 3.05) is 24.7 Å². The van der Waals surface area contributed by atoms with Gasteiger partial charge in [-0.2, -0.15) is 0 Å². The standard InChI is InChI=1S/C17H26N2O/c1-3-16-12-20-9-8-19(16)17-7-4-14(13(2)10-17)11-18-15-5-6-15/h4,7,10,15-16,18H,3,5-6,8-9,11-12H2,1-2H3. The van der Waals surface area contributed by atoms with Crippen molar-refractivity contribution in [1.82, 2.24) is 5.32 Å². The van der Waals surface area contributed by atoms with Gasteiger partial charge in [-0.05, 0) is 49.4 Å². The Balaban J connectivity index is 1.70. The van der Waals surface area contributed by atoms with Crippen LogP contribution in [0, 0.1) is 6.92 Å². The van der Waals surface area contributed by atoms with Crippen molar-refractivity contribution in [2.45, 2.75) is 51.7 Å². The second-order valence-electron chi connectivity index (χ2n) is 6.10. The van der Waals surface area contributed by atoms with Gasteiger partial charge in [-0.15, -0.1) is 0 Å². The van der Waals surface area contributed by atoms with E-state index in [2.05, 4.69) is 42.3 Å². The Bertz CT molecular complexity index is 456. The second-order valence-corrected chi connectivity index (χ2v) is 6.10. The van der Waals surface area contributed by atoms with Crippen LogP contribution >= 0.6 is 0 Å². The molecule has 3 heteroatoms. The summed E-state index contributed by atoms with van der Waals surface area (Å²) in [5, 5.41) is 3.60. The molecule has 0 spiro atoms. The number of nitrogens with one attached hydrogen (secondary N) is 1. The fourth-order valence-corrected chi connectivity index (χ4v) is 2.93. The molecule has 0 bridgehead atoms. The molecule has 1 saturated heterocycles. The number of morpholine rings is 1. The summed E-state index contributed by atoms with van der Waals surface area (Å²) in [6, 6.07) is 8.22. The highest BCUT2D eigenvalue weighted by molar-refractivity contribution is 5.52. The first kappa shape index (κ1) is 13.9. The second kappa shape index (κ2) is 6.15. The maximum absolute atomic E-state index is 5.60. The maximum Gasteiger partial charge on any atom is 0.0670 e. The molecule has 3 nitrogen and oxygen atoms in total. The predicted molar refractivity (Wildman–Crippen MR) is 83.3 cm³/mol. The summed E-state index contributed by atoms with van der Waals surface area (Å²) in [6.45, 7) is 8.21. The van der Waals surface area contributed by atoms with Crippen molar-refractivity contribution < 1.29 is 4.74 Å². The molecule has 20 heavy (non-hydrogen) atoms. The first-order valence-corrected chi connectivity index (χ1v) is 7.95. The van der Waals surface area contributed by atoms with E-state index in [1.165, 1.54) is 29.7 Å². The van der Waals surface area contributed by atoms with Crippen molar-refractivity contribution in [1.29, 1.82) is 0 Å². The van der Waals surface area contributed by atoms with Crippen molar-refractivity contribution in [2.24, 2.45) is 0 Å². The van der Waals surface area contributed by atoms with Gasteiger partial charge in [0.05, 0.1) is 19.3 Å². The monoisotopic (exact) mass is 274 g/mol. The molecule has 1 unspecified atom stereocenters. The van der Waals surface area contributed by atoms with Crippen molar-refractivity contribution in [3.05, 3.63) is 29.3 Å². The van der Waals surface area contributed by atoms with Crippen molar-refractivity contribution in [3.63, 3.8) is 0 Å². The minimum absolute atomic E-state index is 0.526. The lowest BCUT2D eigenvalue weighted by molar-refractivity contribution is 0.0930. The average molecular weight is 274 g/mol. The number of anilines is 1. The average Bonchev–Trinajstić information content (AvgIpc) is 3.30. The SMILES string of the molecule is CCC1COCCN1c1ccc(CNC2CC2)c(C)c1. The van der Waals surface area contributed by atoms with Crippen LogP contribution in [0.4, 0.5) is 5.69 Å². The molecule has 2 aliphatic rings. The molecule has 0 radical (unpaired) electrons. The molecule has 1 aromatic rings. The summed E-state index contributed by atoms with van der Waals surface area (Å²) in [5.41, 5.74) is 4.19. The van der Waals surface area contributed by atoms with E-state index in [0.29, 0.717) is 6.04 Å². The van der Waals surface area contributed by atoms with Crippen LogP contribution in [-0.2, 0) is 11.3 Å². The molecule has 1 N–H and O–H groups in total. The predicted octanol–water partition coefficient (Wildman–Crippen LogP) is 2.86. The van der Waals surface area contributed by atoms with Gasteiger partial charge in [0.1, 0.15) is 0 Å². The molecule has 0 amide bonds. The summed E-state index contributed by atoms with van der Waals surface area (Å²) in [6.07, 6.45) is 3.84. The minimum atomic E-state index is 0.526. The van der Waals surface area contributed by atoms with Gasteiger partial charge in [0.25, 0.3) is 0 Å². The number of aryl methyl sites for hydroxylation is 1. The van der Waals surface area contributed by atoms with E-state index in [-0.39, 0.29) is 0 Å². The Morgan fingerprint density at radius 3 is 2.90 bits per heavy atom. The third kappa shape index (κ3) is 3.15. The van der Waals surface area contributed by atoms with Gasteiger partial charge in [-0.25, -0.2) is 0 Å². The van der Waals surface area contributed by atoms with Crippen LogP contribution < -0.4 is 10.2 Å². The van der Waals surface area contributed by atoms with E-state index in [0.717, 1.165) is 38.8 Å². The van der Waals surface area contributed by atoms with Crippen LogP contribution in [-0.4, -0.2) is 31.8 Å². The Labute approximate surface area is 122 Å². The van der Waals surface area contributed by atoms with E-state index in [1.807, 2.05) is 0 Å². The third-order valence-corrected chi connectivity index (χ3v) is 4.52. The minimum Gasteiger partial charge on any atom is -0.377 e. The van der Waals surface area contributed by atoms with Gasteiger partial charge in [0.15, 0.2) is 0 Å². The molecule has 1 aromatic carbocycles. The van der Waals surface area contributed by atoms with Gasteiger partial charge in [-0.3, -0.25) is 0 Å². The Morgan fingerprint density at radius 2 is 2.20 bits per heavy atom. The van der Waals surface area contributed by atoms with Gasteiger partial charge in [0, 0.05) is 24.8 Å². The van der Waals surface area contributed by atoms with E-state index in [4.69, 9.17) is 4.74 Å². The highest BCUT2D eigenvalue weighted by Gasteiger charge is 2.23. The summed E-state index contributed by atoms with van der Waals surface area (Å²) in [4.78, 5) is 2.51. The van der Waals surface area contributed by atoms with Gasteiger partial charge in [0.2, 0.25) is 0 Å². The van der Waals surface area contributed by atoms with Crippen LogP contribution in [0.25, 0.3) is 0 Å². The molecule has 1 atom stereocenters. The smallest absolute Gasteiger partial charge is 0.0670 e. The largest absolute Gasteiger partial charge is 0.377 e. The molecule has 1 saturated carbocycles. The molecule has 1 heterocycles. The summed E-state index contributed by atoms with van der Waals surface area (Å²) >= 11 is 0. The molecule has 2 fully saturated rings. The summed E-state index contributed by atoms with van der Waals surface area (Å²) < 4.78 is 5.60. The zero-order valence-electron chi connectivity index (χ0n) is 12.7. The van der Waals surface area contributed by atoms with Gasteiger partial charge < -0.3 is 15.0 Å². The summed E-state index contributed by atoms with van der Waals surface area (Å²) in [7, 11) is 0. The first-order chi connectivity index (χ1) is 9.78. The zero-order valence-corrected chi connectivity index (χ0v) is 12.7. The third-order valence-electron chi connectivity index (χ3n) is 4.52. The van der Waals surface area contributed by atoms with Crippen molar-refractivity contribution in [3.8, 4) is 0 Å². The van der Waals surface area contributed by atoms with E-state index < -0.39 is 0 Å². The van der Waals surface area contributed by atoms with E-state index in [1.54, 1.807) is 0 Å². The Morgan fingerprint density at radius 1 is 1.35 bits per heavy atom. The maximum atomic E-state index is 5.60. The summed E-state index contributed by atoms with van der Waals surface area (Å²) in [5.74, 6) is 0. The zero-order chi connectivity index (χ0) is 13.9. The molecule has 1 aliphatic heterocycles. The molecule has 110 valence electrons.